The van der Waals surface area contributed by atoms with Gasteiger partial charge in [-0.1, -0.05) is 37.3 Å². The lowest BCUT2D eigenvalue weighted by atomic mass is 9.59. The van der Waals surface area contributed by atoms with E-state index in [1.807, 2.05) is 0 Å². The predicted octanol–water partition coefficient (Wildman–Crippen LogP) is 3.11. The molecule has 0 aliphatic heterocycles. The Morgan fingerprint density at radius 2 is 1.88 bits per heavy atom. The van der Waals surface area contributed by atoms with Crippen LogP contribution in [0.1, 0.15) is 38.2 Å². The summed E-state index contributed by atoms with van der Waals surface area (Å²) in [7, 11) is 0. The Labute approximate surface area is 98.3 Å². The molecule has 0 heterocycles. The van der Waals surface area contributed by atoms with E-state index >= 15 is 0 Å². The first-order valence-corrected chi connectivity index (χ1v) is 6.57. The van der Waals surface area contributed by atoms with Crippen LogP contribution in [0.3, 0.4) is 0 Å². The SMILES string of the molecule is CC1CC(CNC2CC2)(c2ccccc2)C1. The van der Waals surface area contributed by atoms with E-state index in [-0.39, 0.29) is 0 Å². The third kappa shape index (κ3) is 1.89. The molecule has 2 saturated carbocycles. The summed E-state index contributed by atoms with van der Waals surface area (Å²) in [4.78, 5) is 0. The van der Waals surface area contributed by atoms with Gasteiger partial charge in [0.05, 0.1) is 0 Å². The Bertz CT molecular complexity index is 347. The lowest BCUT2D eigenvalue weighted by molar-refractivity contribution is 0.152. The Morgan fingerprint density at radius 1 is 1.19 bits per heavy atom. The van der Waals surface area contributed by atoms with E-state index < -0.39 is 0 Å². The van der Waals surface area contributed by atoms with Gasteiger partial charge in [0.1, 0.15) is 0 Å². The molecule has 86 valence electrons. The quantitative estimate of drug-likeness (QED) is 0.813. The second-order valence-corrected chi connectivity index (χ2v) is 5.81. The van der Waals surface area contributed by atoms with E-state index in [1.165, 1.54) is 32.2 Å². The van der Waals surface area contributed by atoms with Crippen LogP contribution in [0.5, 0.6) is 0 Å². The first-order valence-electron chi connectivity index (χ1n) is 6.57. The minimum absolute atomic E-state index is 0.448. The zero-order valence-corrected chi connectivity index (χ0v) is 10.1. The average Bonchev–Trinajstić information content (AvgIpc) is 3.08. The average molecular weight is 215 g/mol. The molecule has 1 aromatic carbocycles. The summed E-state index contributed by atoms with van der Waals surface area (Å²) >= 11 is 0. The van der Waals surface area contributed by atoms with Crippen molar-refractivity contribution in [1.82, 2.24) is 5.32 Å². The molecular weight excluding hydrogens is 194 g/mol. The van der Waals surface area contributed by atoms with Crippen molar-refractivity contribution >= 4 is 0 Å². The zero-order chi connectivity index (χ0) is 11.0. The van der Waals surface area contributed by atoms with Crippen LogP contribution in [0, 0.1) is 5.92 Å². The standard InChI is InChI=1S/C15H21N/c1-12-9-15(10-12,11-16-14-7-8-14)13-5-3-2-4-6-13/h2-6,12,14,16H,7-11H2,1H3. The van der Waals surface area contributed by atoms with Crippen LogP contribution in [0.4, 0.5) is 0 Å². The Balaban J connectivity index is 1.74. The van der Waals surface area contributed by atoms with E-state index in [9.17, 15) is 0 Å². The molecule has 2 fully saturated rings. The molecule has 3 rings (SSSR count). The fraction of sp³-hybridized carbons (Fsp3) is 0.600. The Hall–Kier alpha value is -0.820. The molecule has 0 atom stereocenters. The van der Waals surface area contributed by atoms with Crippen LogP contribution >= 0.6 is 0 Å². The van der Waals surface area contributed by atoms with Crippen LogP contribution in [0.2, 0.25) is 0 Å². The summed E-state index contributed by atoms with van der Waals surface area (Å²) in [6.07, 6.45) is 5.49. The van der Waals surface area contributed by atoms with Crippen molar-refractivity contribution in [3.63, 3.8) is 0 Å². The molecule has 0 amide bonds. The molecule has 0 aromatic heterocycles. The molecule has 0 radical (unpaired) electrons. The molecule has 2 aliphatic rings. The first-order chi connectivity index (χ1) is 7.78. The van der Waals surface area contributed by atoms with Crippen LogP contribution in [-0.4, -0.2) is 12.6 Å². The van der Waals surface area contributed by atoms with Crippen LogP contribution in [0.15, 0.2) is 30.3 Å². The van der Waals surface area contributed by atoms with Gasteiger partial charge >= 0.3 is 0 Å². The maximum absolute atomic E-state index is 3.72. The molecule has 0 spiro atoms. The van der Waals surface area contributed by atoms with Gasteiger partial charge in [-0.05, 0) is 37.2 Å². The van der Waals surface area contributed by atoms with Crippen molar-refractivity contribution in [2.45, 2.75) is 44.1 Å². The van der Waals surface area contributed by atoms with E-state index in [1.54, 1.807) is 5.56 Å². The molecular formula is C15H21N. The van der Waals surface area contributed by atoms with Crippen LogP contribution < -0.4 is 5.32 Å². The van der Waals surface area contributed by atoms with Crippen molar-refractivity contribution in [3.8, 4) is 0 Å². The highest BCUT2D eigenvalue weighted by Gasteiger charge is 2.43. The summed E-state index contributed by atoms with van der Waals surface area (Å²) in [5.74, 6) is 0.904. The van der Waals surface area contributed by atoms with E-state index in [4.69, 9.17) is 0 Å². The van der Waals surface area contributed by atoms with Gasteiger partial charge in [-0.15, -0.1) is 0 Å². The van der Waals surface area contributed by atoms with Gasteiger partial charge < -0.3 is 5.32 Å². The second kappa shape index (κ2) is 3.89. The Morgan fingerprint density at radius 3 is 2.44 bits per heavy atom. The number of rotatable bonds is 4. The number of benzene rings is 1. The smallest absolute Gasteiger partial charge is 0.00829 e. The summed E-state index contributed by atoms with van der Waals surface area (Å²) in [6.45, 7) is 3.56. The second-order valence-electron chi connectivity index (χ2n) is 5.81. The van der Waals surface area contributed by atoms with Gasteiger partial charge in [-0.3, -0.25) is 0 Å². The lowest BCUT2D eigenvalue weighted by Gasteiger charge is -2.47. The van der Waals surface area contributed by atoms with Crippen molar-refractivity contribution in [3.05, 3.63) is 35.9 Å². The summed E-state index contributed by atoms with van der Waals surface area (Å²) in [6, 6.07) is 11.9. The minimum Gasteiger partial charge on any atom is -0.313 e. The lowest BCUT2D eigenvalue weighted by Crippen LogP contribution is -2.48. The largest absolute Gasteiger partial charge is 0.313 e. The normalized spacial score (nSPS) is 33.4. The highest BCUT2D eigenvalue weighted by molar-refractivity contribution is 5.29. The monoisotopic (exact) mass is 215 g/mol. The van der Waals surface area contributed by atoms with Crippen molar-refractivity contribution in [2.24, 2.45) is 5.92 Å². The summed E-state index contributed by atoms with van der Waals surface area (Å²) < 4.78 is 0. The molecule has 1 heteroatoms. The highest BCUT2D eigenvalue weighted by Crippen LogP contribution is 2.47. The van der Waals surface area contributed by atoms with E-state index in [0.29, 0.717) is 5.41 Å². The predicted molar refractivity (Wildman–Crippen MR) is 67.5 cm³/mol. The van der Waals surface area contributed by atoms with Gasteiger partial charge in [-0.2, -0.15) is 0 Å². The summed E-state index contributed by atoms with van der Waals surface area (Å²) in [5, 5.41) is 3.72. The van der Waals surface area contributed by atoms with Gasteiger partial charge in [-0.25, -0.2) is 0 Å². The van der Waals surface area contributed by atoms with Gasteiger partial charge in [0.15, 0.2) is 0 Å². The van der Waals surface area contributed by atoms with Gasteiger partial charge in [0.25, 0.3) is 0 Å². The third-order valence-electron chi connectivity index (χ3n) is 4.17. The fourth-order valence-corrected chi connectivity index (χ4v) is 3.18. The molecule has 16 heavy (non-hydrogen) atoms. The zero-order valence-electron chi connectivity index (χ0n) is 10.1. The van der Waals surface area contributed by atoms with Crippen LogP contribution in [0.25, 0.3) is 0 Å². The first kappa shape index (κ1) is 10.3. The fourth-order valence-electron chi connectivity index (χ4n) is 3.18. The molecule has 0 bridgehead atoms. The molecule has 0 unspecified atom stereocenters. The third-order valence-corrected chi connectivity index (χ3v) is 4.17. The topological polar surface area (TPSA) is 12.0 Å². The van der Waals surface area contributed by atoms with E-state index in [2.05, 4.69) is 42.6 Å². The molecule has 1 N–H and O–H groups in total. The molecule has 1 nitrogen and oxygen atoms in total. The van der Waals surface area contributed by atoms with Gasteiger partial charge in [0.2, 0.25) is 0 Å². The number of hydrogen-bond donors (Lipinski definition) is 1. The minimum atomic E-state index is 0.448. The highest BCUT2D eigenvalue weighted by atomic mass is 15.0. The maximum atomic E-state index is 3.72. The van der Waals surface area contributed by atoms with Crippen molar-refractivity contribution in [2.75, 3.05) is 6.54 Å². The molecule has 1 aromatic rings. The van der Waals surface area contributed by atoms with Crippen LogP contribution in [-0.2, 0) is 5.41 Å². The maximum Gasteiger partial charge on any atom is 0.00829 e. The molecule has 0 saturated heterocycles. The summed E-state index contributed by atoms with van der Waals surface area (Å²) in [5.41, 5.74) is 1.99. The Kier molecular flexibility index (Phi) is 2.51. The number of nitrogens with one attached hydrogen (secondary N) is 1. The van der Waals surface area contributed by atoms with Crippen molar-refractivity contribution < 1.29 is 0 Å². The van der Waals surface area contributed by atoms with Crippen molar-refractivity contribution in [1.29, 1.82) is 0 Å². The molecule has 2 aliphatic carbocycles. The number of hydrogen-bond acceptors (Lipinski definition) is 1. The van der Waals surface area contributed by atoms with E-state index in [0.717, 1.165) is 12.0 Å². The van der Waals surface area contributed by atoms with Gasteiger partial charge in [0, 0.05) is 18.0 Å².